The third kappa shape index (κ3) is 7.06. The van der Waals surface area contributed by atoms with Crippen molar-refractivity contribution in [3.8, 4) is 0 Å². The van der Waals surface area contributed by atoms with Crippen LogP contribution >= 0.6 is 0 Å². The molecule has 324 valence electrons. The molecule has 2 heterocycles. The van der Waals surface area contributed by atoms with Gasteiger partial charge in [0.1, 0.15) is 48.8 Å². The van der Waals surface area contributed by atoms with Gasteiger partial charge in [-0.15, -0.1) is 0 Å². The van der Waals surface area contributed by atoms with E-state index in [0.29, 0.717) is 32.1 Å². The fourth-order valence-electron chi connectivity index (χ4n) is 13.4. The van der Waals surface area contributed by atoms with E-state index in [1.165, 1.54) is 0 Å². The second-order valence-corrected chi connectivity index (χ2v) is 20.0. The molecule has 6 fully saturated rings. The van der Waals surface area contributed by atoms with Crippen molar-refractivity contribution in [2.24, 2.45) is 45.3 Å². The number of aliphatic hydroxyl groups is 10. The Labute approximate surface area is 331 Å². The van der Waals surface area contributed by atoms with Gasteiger partial charge in [0.05, 0.1) is 31.0 Å². The van der Waals surface area contributed by atoms with Gasteiger partial charge in [0, 0.05) is 12.0 Å². The molecule has 2 aliphatic heterocycles. The molecule has 0 spiro atoms. The summed E-state index contributed by atoms with van der Waals surface area (Å²) in [4.78, 5) is 0. The molecule has 0 aromatic rings. The van der Waals surface area contributed by atoms with Gasteiger partial charge in [-0.25, -0.2) is 0 Å². The van der Waals surface area contributed by atoms with Crippen molar-refractivity contribution in [1.29, 1.82) is 0 Å². The first-order valence-electron chi connectivity index (χ1n) is 21.0. The smallest absolute Gasteiger partial charge is 0.187 e. The average Bonchev–Trinajstić information content (AvgIpc) is 3.54. The number of aliphatic hydroxyl groups excluding tert-OH is 10. The fourth-order valence-corrected chi connectivity index (χ4v) is 13.4. The Balaban J connectivity index is 1.28. The monoisotopic (exact) mass is 800 g/mol. The van der Waals surface area contributed by atoms with Gasteiger partial charge in [-0.3, -0.25) is 0 Å². The highest BCUT2D eigenvalue weighted by Crippen LogP contribution is 2.76. The first kappa shape index (κ1) is 44.7. The summed E-state index contributed by atoms with van der Waals surface area (Å²) < 4.78 is 24.8. The van der Waals surface area contributed by atoms with Crippen LogP contribution in [0.5, 0.6) is 0 Å². The molecule has 6 rings (SSSR count). The number of fused-ring (bicyclic) bond motifs is 5. The van der Waals surface area contributed by atoms with Gasteiger partial charge in [-0.05, 0) is 118 Å². The van der Waals surface area contributed by atoms with E-state index < -0.39 is 103 Å². The van der Waals surface area contributed by atoms with Gasteiger partial charge in [0.2, 0.25) is 0 Å². The van der Waals surface area contributed by atoms with Crippen LogP contribution in [0.4, 0.5) is 0 Å². The van der Waals surface area contributed by atoms with Crippen LogP contribution in [0.15, 0.2) is 11.6 Å². The van der Waals surface area contributed by atoms with E-state index in [1.54, 1.807) is 0 Å². The lowest BCUT2D eigenvalue weighted by Crippen LogP contribution is -2.69. The third-order valence-corrected chi connectivity index (χ3v) is 16.7. The minimum absolute atomic E-state index is 0.0184. The van der Waals surface area contributed by atoms with E-state index in [-0.39, 0.29) is 41.1 Å². The van der Waals surface area contributed by atoms with E-state index >= 15 is 0 Å². The van der Waals surface area contributed by atoms with Gasteiger partial charge in [0.25, 0.3) is 0 Å². The molecule has 6 aliphatic rings. The normalized spacial score (nSPS) is 51.3. The minimum atomic E-state index is -1.58. The number of allylic oxidation sites excluding steroid dienone is 2. The summed E-state index contributed by atoms with van der Waals surface area (Å²) in [5.74, 6) is -0.420. The predicted molar refractivity (Wildman–Crippen MR) is 202 cm³/mol. The van der Waals surface area contributed by atoms with Crippen molar-refractivity contribution < 1.29 is 70.0 Å². The topological polar surface area (TPSA) is 239 Å². The summed E-state index contributed by atoms with van der Waals surface area (Å²) in [6.45, 7) is 13.7. The van der Waals surface area contributed by atoms with Gasteiger partial charge in [-0.2, -0.15) is 0 Å². The minimum Gasteiger partial charge on any atom is -0.396 e. The summed E-state index contributed by atoms with van der Waals surface area (Å²) in [6, 6.07) is 0. The maximum absolute atomic E-state index is 12.5. The number of ether oxygens (including phenoxy) is 4. The Bertz CT molecular complexity index is 1390. The molecule has 0 aromatic heterocycles. The predicted octanol–water partition coefficient (Wildman–Crippen LogP) is 1.12. The number of hydrogen-bond donors (Lipinski definition) is 10. The summed E-state index contributed by atoms with van der Waals surface area (Å²) in [6.07, 6.45) is -6.97. The van der Waals surface area contributed by atoms with Crippen LogP contribution in [0.25, 0.3) is 0 Å². The number of rotatable bonds is 11. The highest BCUT2D eigenvalue weighted by atomic mass is 16.7. The fraction of sp³-hybridized carbons (Fsp3) is 0.952. The molecule has 2 saturated heterocycles. The van der Waals surface area contributed by atoms with Gasteiger partial charge < -0.3 is 70.0 Å². The van der Waals surface area contributed by atoms with Crippen LogP contribution in [-0.4, -0.2) is 150 Å². The molecule has 4 aliphatic carbocycles. The van der Waals surface area contributed by atoms with Crippen LogP contribution < -0.4 is 0 Å². The lowest BCUT2D eigenvalue weighted by molar-refractivity contribution is -0.339. The molecule has 0 aromatic carbocycles. The van der Waals surface area contributed by atoms with Gasteiger partial charge in [-0.1, -0.05) is 39.3 Å². The molecule has 20 unspecified atom stereocenters. The molecular formula is C42H72O14. The quantitative estimate of drug-likeness (QED) is 0.104. The van der Waals surface area contributed by atoms with Crippen molar-refractivity contribution in [3.63, 3.8) is 0 Å². The molecule has 14 nitrogen and oxygen atoms in total. The average molecular weight is 801 g/mol. The van der Waals surface area contributed by atoms with Gasteiger partial charge >= 0.3 is 0 Å². The second-order valence-electron chi connectivity index (χ2n) is 20.0. The summed E-state index contributed by atoms with van der Waals surface area (Å²) in [5.41, 5.74) is -1.50. The Morgan fingerprint density at radius 2 is 1.29 bits per heavy atom. The lowest BCUT2D eigenvalue weighted by Gasteiger charge is -2.71. The third-order valence-electron chi connectivity index (χ3n) is 16.7. The largest absolute Gasteiger partial charge is 0.396 e. The molecule has 0 bridgehead atoms. The summed E-state index contributed by atoms with van der Waals surface area (Å²) in [7, 11) is 0. The SMILES string of the molecule is CC(C)=CCCC(C)(OC1OC(CO)C(O)C(O)C1O)C1CCC2(C)C1C(O)CC1C3(CO)CCC(OC4OC(CO)C(O)C(O)C4O)C(C)(C)C3CCC12C. The highest BCUT2D eigenvalue weighted by Gasteiger charge is 2.73. The molecule has 4 saturated carbocycles. The van der Waals surface area contributed by atoms with Crippen molar-refractivity contribution in [3.05, 3.63) is 11.6 Å². The Hall–Kier alpha value is -0.820. The van der Waals surface area contributed by atoms with Gasteiger partial charge in [0.15, 0.2) is 12.6 Å². The number of hydrogen-bond acceptors (Lipinski definition) is 14. The molecule has 0 radical (unpaired) electrons. The summed E-state index contributed by atoms with van der Waals surface area (Å²) in [5, 5.41) is 108. The highest BCUT2D eigenvalue weighted by molar-refractivity contribution is 5.21. The van der Waals surface area contributed by atoms with E-state index in [4.69, 9.17) is 18.9 Å². The van der Waals surface area contributed by atoms with Crippen molar-refractivity contribution in [2.75, 3.05) is 19.8 Å². The molecule has 20 atom stereocenters. The maximum atomic E-state index is 12.5. The molecular weight excluding hydrogens is 728 g/mol. The van der Waals surface area contributed by atoms with E-state index in [2.05, 4.69) is 33.8 Å². The first-order chi connectivity index (χ1) is 26.2. The summed E-state index contributed by atoms with van der Waals surface area (Å²) >= 11 is 0. The zero-order chi connectivity index (χ0) is 41.3. The molecule has 56 heavy (non-hydrogen) atoms. The lowest BCUT2D eigenvalue weighted by atomic mass is 9.34. The zero-order valence-corrected chi connectivity index (χ0v) is 34.4. The van der Waals surface area contributed by atoms with Crippen LogP contribution in [0.2, 0.25) is 0 Å². The van der Waals surface area contributed by atoms with E-state index in [1.807, 2.05) is 20.8 Å². The Kier molecular flexibility index (Phi) is 13.0. The Morgan fingerprint density at radius 1 is 0.714 bits per heavy atom. The van der Waals surface area contributed by atoms with Crippen molar-refractivity contribution in [2.45, 2.75) is 185 Å². The van der Waals surface area contributed by atoms with E-state index in [9.17, 15) is 51.1 Å². The Morgan fingerprint density at radius 3 is 1.86 bits per heavy atom. The van der Waals surface area contributed by atoms with Crippen LogP contribution in [0.3, 0.4) is 0 Å². The maximum Gasteiger partial charge on any atom is 0.187 e. The van der Waals surface area contributed by atoms with Crippen molar-refractivity contribution in [1.82, 2.24) is 0 Å². The van der Waals surface area contributed by atoms with Crippen LogP contribution in [0.1, 0.15) is 106 Å². The first-order valence-corrected chi connectivity index (χ1v) is 21.0. The molecule has 10 N–H and O–H groups in total. The molecule has 14 heteroatoms. The van der Waals surface area contributed by atoms with Crippen LogP contribution in [0, 0.1) is 45.3 Å². The second kappa shape index (κ2) is 16.2. The van der Waals surface area contributed by atoms with E-state index in [0.717, 1.165) is 31.3 Å². The zero-order valence-electron chi connectivity index (χ0n) is 34.4. The molecule has 0 amide bonds. The van der Waals surface area contributed by atoms with Crippen molar-refractivity contribution >= 4 is 0 Å². The van der Waals surface area contributed by atoms with Crippen LogP contribution in [-0.2, 0) is 18.9 Å². The standard InChI is InChI=1S/C42H72O14/c1-21(2)9-8-13-41(7,56-37-35(52)33(50)31(48)25(19-44)54-37)22-10-14-40(6)29(22)23(46)17-27-39(40,5)15-11-26-38(3,4)28(12-16-42(26,27)20-45)55-36-34(51)32(49)30(47)24(18-43)53-36/h9,22-37,43-52H,8,10-20H2,1-7H3.